The van der Waals surface area contributed by atoms with E-state index >= 15 is 0 Å². The molecule has 0 fully saturated rings. The Kier molecular flexibility index (Phi) is 5.84. The summed E-state index contributed by atoms with van der Waals surface area (Å²) in [6.07, 6.45) is 4.80. The zero-order valence-electron chi connectivity index (χ0n) is 15.1. The van der Waals surface area contributed by atoms with E-state index in [4.69, 9.17) is 4.74 Å². The fraction of sp³-hybridized carbons (Fsp3) is 0.350. The molecule has 2 heterocycles. The van der Waals surface area contributed by atoms with Crippen LogP contribution in [-0.2, 0) is 12.8 Å². The number of fused-ring (bicyclic) bond motifs is 1. The van der Waals surface area contributed by atoms with Crippen molar-refractivity contribution in [2.75, 3.05) is 31.6 Å². The summed E-state index contributed by atoms with van der Waals surface area (Å²) in [5, 5.41) is 3.26. The van der Waals surface area contributed by atoms with Gasteiger partial charge in [0.05, 0.1) is 17.9 Å². The van der Waals surface area contributed by atoms with Crippen molar-refractivity contribution in [2.24, 2.45) is 0 Å². The Bertz CT molecular complexity index is 791. The quantitative estimate of drug-likeness (QED) is 0.810. The summed E-state index contributed by atoms with van der Waals surface area (Å²) in [4.78, 5) is 23.7. The zero-order valence-corrected chi connectivity index (χ0v) is 15.1. The molecule has 0 bridgehead atoms. The molecule has 26 heavy (non-hydrogen) atoms. The summed E-state index contributed by atoms with van der Waals surface area (Å²) in [7, 11) is 0. The van der Waals surface area contributed by atoms with Gasteiger partial charge in [-0.2, -0.15) is 0 Å². The van der Waals surface area contributed by atoms with Crippen molar-refractivity contribution in [3.05, 3.63) is 60.1 Å². The highest BCUT2D eigenvalue weighted by Crippen LogP contribution is 2.24. The van der Waals surface area contributed by atoms with Gasteiger partial charge in [-0.05, 0) is 25.5 Å². The predicted molar refractivity (Wildman–Crippen MR) is 102 cm³/mol. The molecule has 1 aromatic carbocycles. The Balaban J connectivity index is 1.79. The maximum absolute atomic E-state index is 13.0. The van der Waals surface area contributed by atoms with E-state index in [9.17, 15) is 4.79 Å². The molecular weight excluding hydrogens is 328 g/mol. The van der Waals surface area contributed by atoms with Crippen LogP contribution < -0.4 is 10.1 Å². The number of rotatable bonds is 6. The molecule has 0 radical (unpaired) electrons. The van der Waals surface area contributed by atoms with Gasteiger partial charge in [-0.15, -0.1) is 6.58 Å². The van der Waals surface area contributed by atoms with Gasteiger partial charge >= 0.3 is 0 Å². The van der Waals surface area contributed by atoms with Crippen LogP contribution >= 0.6 is 0 Å². The van der Waals surface area contributed by atoms with Crippen molar-refractivity contribution in [2.45, 2.75) is 19.8 Å². The molecule has 2 aromatic rings. The molecule has 1 aliphatic heterocycles. The number of amides is 1. The Hall–Kier alpha value is -2.89. The van der Waals surface area contributed by atoms with Gasteiger partial charge in [0.15, 0.2) is 0 Å². The van der Waals surface area contributed by atoms with Gasteiger partial charge in [0.1, 0.15) is 17.9 Å². The van der Waals surface area contributed by atoms with E-state index in [1.807, 2.05) is 36.1 Å². The first-order valence-corrected chi connectivity index (χ1v) is 8.93. The van der Waals surface area contributed by atoms with Crippen LogP contribution in [0.1, 0.15) is 28.5 Å². The monoisotopic (exact) mass is 352 g/mol. The molecule has 3 rings (SSSR count). The number of anilines is 1. The molecule has 0 spiro atoms. The van der Waals surface area contributed by atoms with Crippen LogP contribution in [0.15, 0.2) is 43.2 Å². The van der Waals surface area contributed by atoms with Gasteiger partial charge in [0.25, 0.3) is 5.91 Å². The van der Waals surface area contributed by atoms with Gasteiger partial charge in [0.2, 0.25) is 0 Å². The Morgan fingerprint density at radius 3 is 2.92 bits per heavy atom. The molecule has 0 aliphatic carbocycles. The number of para-hydroxylation sites is 1. The first-order chi connectivity index (χ1) is 12.7. The fourth-order valence-corrected chi connectivity index (χ4v) is 3.15. The maximum Gasteiger partial charge on any atom is 0.257 e. The molecule has 6 heteroatoms. The van der Waals surface area contributed by atoms with Crippen molar-refractivity contribution in [1.29, 1.82) is 0 Å². The molecule has 0 unspecified atom stereocenters. The van der Waals surface area contributed by atoms with Crippen LogP contribution in [0.25, 0.3) is 0 Å². The highest BCUT2D eigenvalue weighted by Gasteiger charge is 2.24. The number of ether oxygens (including phenoxy) is 1. The molecule has 1 aromatic heterocycles. The SMILES string of the molecule is C=CCNc1ncnc2c1CCN(C(=O)c1ccccc1OCC)CC2. The number of carbonyl (C=O) groups is 1. The molecule has 0 saturated carbocycles. The zero-order chi connectivity index (χ0) is 18.4. The molecule has 6 nitrogen and oxygen atoms in total. The standard InChI is InChI=1S/C20H24N4O2/c1-3-11-21-19-15-9-12-24(13-10-17(15)22-14-23-19)20(25)16-7-5-6-8-18(16)26-4-2/h3,5-8,14H,1,4,9-13H2,2H3,(H,21,22,23). The average Bonchev–Trinajstić information content (AvgIpc) is 2.89. The third-order valence-electron chi connectivity index (χ3n) is 4.40. The second kappa shape index (κ2) is 8.47. The minimum absolute atomic E-state index is 0.00424. The van der Waals surface area contributed by atoms with Crippen LogP contribution in [0, 0.1) is 0 Å². The normalized spacial score (nSPS) is 13.5. The molecular formula is C20H24N4O2. The number of hydrogen-bond acceptors (Lipinski definition) is 5. The lowest BCUT2D eigenvalue weighted by atomic mass is 10.1. The third-order valence-corrected chi connectivity index (χ3v) is 4.40. The summed E-state index contributed by atoms with van der Waals surface area (Å²) in [6, 6.07) is 7.41. The van der Waals surface area contributed by atoms with Crippen LogP contribution in [-0.4, -0.2) is 47.0 Å². The lowest BCUT2D eigenvalue weighted by Gasteiger charge is -2.21. The first kappa shape index (κ1) is 17.9. The number of carbonyl (C=O) groups excluding carboxylic acids is 1. The van der Waals surface area contributed by atoms with Crippen molar-refractivity contribution >= 4 is 11.7 Å². The number of benzene rings is 1. The Labute approximate surface area is 153 Å². The number of hydrogen-bond donors (Lipinski definition) is 1. The summed E-state index contributed by atoms with van der Waals surface area (Å²) in [5.41, 5.74) is 2.69. The van der Waals surface area contributed by atoms with E-state index in [0.717, 1.165) is 23.5 Å². The minimum atomic E-state index is -0.00424. The maximum atomic E-state index is 13.0. The van der Waals surface area contributed by atoms with Gasteiger partial charge in [0, 0.05) is 31.6 Å². The van der Waals surface area contributed by atoms with E-state index in [2.05, 4.69) is 21.9 Å². The van der Waals surface area contributed by atoms with E-state index in [0.29, 0.717) is 44.0 Å². The van der Waals surface area contributed by atoms with Crippen LogP contribution in [0.3, 0.4) is 0 Å². The molecule has 0 saturated heterocycles. The average molecular weight is 352 g/mol. The van der Waals surface area contributed by atoms with Gasteiger partial charge in [-0.3, -0.25) is 4.79 Å². The van der Waals surface area contributed by atoms with Crippen molar-refractivity contribution in [3.63, 3.8) is 0 Å². The number of aromatic nitrogens is 2. The van der Waals surface area contributed by atoms with Crippen molar-refractivity contribution < 1.29 is 9.53 Å². The van der Waals surface area contributed by atoms with E-state index in [1.54, 1.807) is 12.4 Å². The summed E-state index contributed by atoms with van der Waals surface area (Å²) in [5.74, 6) is 1.46. The molecule has 0 atom stereocenters. The molecule has 136 valence electrons. The molecule has 1 N–H and O–H groups in total. The Morgan fingerprint density at radius 2 is 2.12 bits per heavy atom. The smallest absolute Gasteiger partial charge is 0.257 e. The largest absolute Gasteiger partial charge is 0.493 e. The van der Waals surface area contributed by atoms with Gasteiger partial charge in [-0.1, -0.05) is 18.2 Å². The second-order valence-electron chi connectivity index (χ2n) is 6.04. The van der Waals surface area contributed by atoms with E-state index in [1.165, 1.54) is 0 Å². The fourth-order valence-electron chi connectivity index (χ4n) is 3.15. The van der Waals surface area contributed by atoms with Gasteiger partial charge in [-0.25, -0.2) is 9.97 Å². The van der Waals surface area contributed by atoms with Gasteiger partial charge < -0.3 is 15.0 Å². The van der Waals surface area contributed by atoms with Crippen LogP contribution in [0.4, 0.5) is 5.82 Å². The minimum Gasteiger partial charge on any atom is -0.493 e. The lowest BCUT2D eigenvalue weighted by Crippen LogP contribution is -2.33. The summed E-state index contributed by atoms with van der Waals surface area (Å²) < 4.78 is 5.62. The van der Waals surface area contributed by atoms with Crippen LogP contribution in [0.5, 0.6) is 5.75 Å². The summed E-state index contributed by atoms with van der Waals surface area (Å²) in [6.45, 7) is 8.08. The highest BCUT2D eigenvalue weighted by atomic mass is 16.5. The first-order valence-electron chi connectivity index (χ1n) is 8.93. The topological polar surface area (TPSA) is 67.4 Å². The summed E-state index contributed by atoms with van der Waals surface area (Å²) >= 11 is 0. The highest BCUT2D eigenvalue weighted by molar-refractivity contribution is 5.97. The van der Waals surface area contributed by atoms with Crippen LogP contribution in [0.2, 0.25) is 0 Å². The molecule has 1 aliphatic rings. The van der Waals surface area contributed by atoms with E-state index < -0.39 is 0 Å². The van der Waals surface area contributed by atoms with Crippen molar-refractivity contribution in [1.82, 2.24) is 14.9 Å². The second-order valence-corrected chi connectivity index (χ2v) is 6.04. The van der Waals surface area contributed by atoms with Crippen molar-refractivity contribution in [3.8, 4) is 5.75 Å². The predicted octanol–water partition coefficient (Wildman–Crippen LogP) is 2.71. The number of nitrogens with one attached hydrogen (secondary N) is 1. The van der Waals surface area contributed by atoms with E-state index in [-0.39, 0.29) is 5.91 Å². The Morgan fingerprint density at radius 1 is 1.31 bits per heavy atom. The number of nitrogens with zero attached hydrogens (tertiary/aromatic N) is 3. The molecule has 1 amide bonds. The third kappa shape index (κ3) is 3.85. The lowest BCUT2D eigenvalue weighted by molar-refractivity contribution is 0.0759.